The Balaban J connectivity index is 2.22. The number of rotatable bonds is 7. The highest BCUT2D eigenvalue weighted by molar-refractivity contribution is 7.89. The first-order valence-corrected chi connectivity index (χ1v) is 9.53. The minimum absolute atomic E-state index is 0.0691. The van der Waals surface area contributed by atoms with Gasteiger partial charge in [0.05, 0.1) is 16.9 Å². The molecule has 0 atom stereocenters. The average Bonchev–Trinajstić information content (AvgIpc) is 2.56. The van der Waals surface area contributed by atoms with Crippen molar-refractivity contribution in [1.82, 2.24) is 4.72 Å². The van der Waals surface area contributed by atoms with E-state index in [1.165, 1.54) is 6.07 Å². The lowest BCUT2D eigenvalue weighted by Gasteiger charge is -2.13. The number of benzene rings is 2. The second-order valence-electron chi connectivity index (χ2n) is 6.11. The van der Waals surface area contributed by atoms with E-state index in [0.29, 0.717) is 23.3 Å². The van der Waals surface area contributed by atoms with Gasteiger partial charge in [-0.15, -0.1) is 0 Å². The van der Waals surface area contributed by atoms with Crippen molar-refractivity contribution in [3.63, 3.8) is 0 Å². The van der Waals surface area contributed by atoms with Crippen molar-refractivity contribution in [2.24, 2.45) is 0 Å². The van der Waals surface area contributed by atoms with Crippen molar-refractivity contribution in [3.8, 4) is 5.75 Å². The zero-order valence-electron chi connectivity index (χ0n) is 15.2. The molecule has 0 heterocycles. The lowest BCUT2D eigenvalue weighted by Crippen LogP contribution is -2.27. The molecule has 7 nitrogen and oxygen atoms in total. The van der Waals surface area contributed by atoms with Crippen LogP contribution in [-0.2, 0) is 16.4 Å². The van der Waals surface area contributed by atoms with Crippen molar-refractivity contribution in [2.75, 3.05) is 13.7 Å². The van der Waals surface area contributed by atoms with Crippen LogP contribution in [0, 0.1) is 30.9 Å². The zero-order chi connectivity index (χ0) is 19.5. The summed E-state index contributed by atoms with van der Waals surface area (Å²) < 4.78 is 33.1. The highest BCUT2D eigenvalue weighted by Gasteiger charge is 2.22. The first kappa shape index (κ1) is 19.9. The molecule has 2 rings (SSSR count). The van der Waals surface area contributed by atoms with Gasteiger partial charge >= 0.3 is 0 Å². The Morgan fingerprint density at radius 1 is 1.15 bits per heavy atom. The standard InChI is InChI=1S/C18H22N2O5S/c1-12-5-6-17(25-4)15(9-12)7-8-19-26(23,24)18-11-16(20(21)22)10-13(2)14(18)3/h5-6,9-11,19H,7-8H2,1-4H3. The summed E-state index contributed by atoms with van der Waals surface area (Å²) in [5.41, 5.74) is 2.75. The third-order valence-electron chi connectivity index (χ3n) is 4.23. The maximum absolute atomic E-state index is 12.6. The van der Waals surface area contributed by atoms with Crippen molar-refractivity contribution in [2.45, 2.75) is 32.1 Å². The number of nitro benzene ring substituents is 1. The predicted octanol–water partition coefficient (Wildman–Crippen LogP) is 3.05. The topological polar surface area (TPSA) is 98.5 Å². The lowest BCUT2D eigenvalue weighted by molar-refractivity contribution is -0.385. The van der Waals surface area contributed by atoms with Crippen LogP contribution in [0.2, 0.25) is 0 Å². The molecular weight excluding hydrogens is 356 g/mol. The van der Waals surface area contributed by atoms with Crippen LogP contribution in [0.1, 0.15) is 22.3 Å². The first-order valence-electron chi connectivity index (χ1n) is 8.04. The number of non-ortho nitro benzene ring substituents is 1. The van der Waals surface area contributed by atoms with Crippen molar-refractivity contribution >= 4 is 15.7 Å². The smallest absolute Gasteiger partial charge is 0.271 e. The molecule has 2 aromatic rings. The fraction of sp³-hybridized carbons (Fsp3) is 0.333. The van der Waals surface area contributed by atoms with E-state index < -0.39 is 14.9 Å². The van der Waals surface area contributed by atoms with E-state index in [-0.39, 0.29) is 17.1 Å². The maximum atomic E-state index is 12.6. The minimum atomic E-state index is -3.86. The molecule has 0 bridgehead atoms. The second-order valence-corrected chi connectivity index (χ2v) is 7.84. The summed E-state index contributed by atoms with van der Waals surface area (Å²) in [4.78, 5) is 10.4. The fourth-order valence-corrected chi connectivity index (χ4v) is 4.06. The van der Waals surface area contributed by atoms with Crippen LogP contribution in [-0.4, -0.2) is 27.0 Å². The summed E-state index contributed by atoms with van der Waals surface area (Å²) in [6.07, 6.45) is 0.442. The van der Waals surface area contributed by atoms with Crippen LogP contribution in [0.15, 0.2) is 35.2 Å². The Labute approximate surface area is 153 Å². The van der Waals surface area contributed by atoms with Crippen molar-refractivity contribution in [3.05, 3.63) is 62.7 Å². The Kier molecular flexibility index (Phi) is 5.99. The minimum Gasteiger partial charge on any atom is -0.496 e. The molecule has 0 aliphatic carbocycles. The number of hydrogen-bond acceptors (Lipinski definition) is 5. The van der Waals surface area contributed by atoms with Gasteiger partial charge in [-0.3, -0.25) is 10.1 Å². The molecule has 140 valence electrons. The summed E-state index contributed by atoms with van der Waals surface area (Å²) >= 11 is 0. The number of nitro groups is 1. The summed E-state index contributed by atoms with van der Waals surface area (Å²) in [6, 6.07) is 8.16. The number of methoxy groups -OCH3 is 1. The molecule has 0 radical (unpaired) electrons. The molecule has 0 aliphatic heterocycles. The third kappa shape index (κ3) is 4.39. The Morgan fingerprint density at radius 2 is 1.85 bits per heavy atom. The molecule has 8 heteroatoms. The van der Waals surface area contributed by atoms with E-state index in [2.05, 4.69) is 4.72 Å². The molecule has 0 amide bonds. The van der Waals surface area contributed by atoms with Gasteiger partial charge in [-0.2, -0.15) is 0 Å². The molecule has 0 aromatic heterocycles. The number of nitrogens with zero attached hydrogens (tertiary/aromatic N) is 1. The monoisotopic (exact) mass is 378 g/mol. The maximum Gasteiger partial charge on any atom is 0.271 e. The molecular formula is C18H22N2O5S. The van der Waals surface area contributed by atoms with Gasteiger partial charge in [0, 0.05) is 18.7 Å². The zero-order valence-corrected chi connectivity index (χ0v) is 16.0. The molecule has 0 saturated heterocycles. The lowest BCUT2D eigenvalue weighted by atomic mass is 10.1. The summed E-state index contributed by atoms with van der Waals surface area (Å²) in [7, 11) is -2.30. The number of ether oxygens (including phenoxy) is 1. The van der Waals surface area contributed by atoms with E-state index >= 15 is 0 Å². The number of aryl methyl sites for hydroxylation is 2. The van der Waals surface area contributed by atoms with Gasteiger partial charge in [0.15, 0.2) is 0 Å². The third-order valence-corrected chi connectivity index (χ3v) is 5.81. The van der Waals surface area contributed by atoms with Crippen LogP contribution in [0.5, 0.6) is 5.75 Å². The highest BCUT2D eigenvalue weighted by atomic mass is 32.2. The molecule has 1 N–H and O–H groups in total. The van der Waals surface area contributed by atoms with Crippen molar-refractivity contribution in [1.29, 1.82) is 0 Å². The van der Waals surface area contributed by atoms with Gasteiger partial charge in [-0.05, 0) is 49.9 Å². The molecule has 0 aliphatic rings. The van der Waals surface area contributed by atoms with Gasteiger partial charge in [-0.1, -0.05) is 17.7 Å². The molecule has 0 fully saturated rings. The summed E-state index contributed by atoms with van der Waals surface area (Å²) in [6.45, 7) is 5.39. The fourth-order valence-electron chi connectivity index (χ4n) is 2.69. The van der Waals surface area contributed by atoms with Crippen LogP contribution in [0.25, 0.3) is 0 Å². The second kappa shape index (κ2) is 7.84. The first-order chi connectivity index (χ1) is 12.2. The van der Waals surface area contributed by atoms with E-state index in [9.17, 15) is 18.5 Å². The summed E-state index contributed by atoms with van der Waals surface area (Å²) in [5, 5.41) is 11.0. The average molecular weight is 378 g/mol. The molecule has 26 heavy (non-hydrogen) atoms. The molecule has 0 spiro atoms. The van der Waals surface area contributed by atoms with Gasteiger partial charge in [0.2, 0.25) is 10.0 Å². The Morgan fingerprint density at radius 3 is 2.46 bits per heavy atom. The van der Waals surface area contributed by atoms with E-state index in [4.69, 9.17) is 4.74 Å². The molecule has 0 saturated carbocycles. The van der Waals surface area contributed by atoms with E-state index in [1.807, 2.05) is 25.1 Å². The van der Waals surface area contributed by atoms with Gasteiger partial charge < -0.3 is 4.74 Å². The molecule has 0 unspecified atom stereocenters. The van der Waals surface area contributed by atoms with Crippen LogP contribution >= 0.6 is 0 Å². The largest absolute Gasteiger partial charge is 0.496 e. The van der Waals surface area contributed by atoms with Gasteiger partial charge in [-0.25, -0.2) is 13.1 Å². The van der Waals surface area contributed by atoms with Crippen LogP contribution in [0.4, 0.5) is 5.69 Å². The predicted molar refractivity (Wildman–Crippen MR) is 99.2 cm³/mol. The van der Waals surface area contributed by atoms with Gasteiger partial charge in [0.1, 0.15) is 5.75 Å². The summed E-state index contributed by atoms with van der Waals surface area (Å²) in [5.74, 6) is 0.692. The van der Waals surface area contributed by atoms with E-state index in [1.54, 1.807) is 21.0 Å². The number of hydrogen-bond donors (Lipinski definition) is 1. The number of sulfonamides is 1. The Bertz CT molecular complexity index is 939. The van der Waals surface area contributed by atoms with Crippen LogP contribution < -0.4 is 9.46 Å². The molecule has 2 aromatic carbocycles. The Hall–Kier alpha value is -2.45. The SMILES string of the molecule is COc1ccc(C)cc1CCNS(=O)(=O)c1cc([N+](=O)[O-])cc(C)c1C. The highest BCUT2D eigenvalue weighted by Crippen LogP contribution is 2.25. The normalized spacial score (nSPS) is 11.4. The van der Waals surface area contributed by atoms with Crippen molar-refractivity contribution < 1.29 is 18.1 Å². The van der Waals surface area contributed by atoms with Gasteiger partial charge in [0.25, 0.3) is 5.69 Å². The van der Waals surface area contributed by atoms with Crippen LogP contribution in [0.3, 0.4) is 0 Å². The number of nitrogens with one attached hydrogen (secondary N) is 1. The quantitative estimate of drug-likeness (QED) is 0.590. The van der Waals surface area contributed by atoms with E-state index in [0.717, 1.165) is 17.2 Å².